The van der Waals surface area contributed by atoms with Gasteiger partial charge in [-0.25, -0.2) is 4.98 Å². The summed E-state index contributed by atoms with van der Waals surface area (Å²) in [5.41, 5.74) is 13.1. The van der Waals surface area contributed by atoms with E-state index in [1.54, 1.807) is 0 Å². The Bertz CT molecular complexity index is 2700. The molecular weight excluding hydrogens is 574 g/mol. The van der Waals surface area contributed by atoms with Gasteiger partial charge in [0.15, 0.2) is 5.82 Å². The van der Waals surface area contributed by atoms with Crippen LogP contribution >= 0.6 is 0 Å². The topological polar surface area (TPSA) is 43.9 Å². The molecule has 6 aromatic carbocycles. The van der Waals surface area contributed by atoms with E-state index >= 15 is 0 Å². The lowest BCUT2D eigenvalue weighted by Gasteiger charge is -2.21. The van der Waals surface area contributed by atoms with Gasteiger partial charge in [0, 0.05) is 38.4 Å². The third-order valence-electron chi connectivity index (χ3n) is 10.0. The van der Waals surface area contributed by atoms with Gasteiger partial charge in [0.25, 0.3) is 0 Å². The molecule has 0 bridgehead atoms. The minimum absolute atomic E-state index is 0.0511. The van der Waals surface area contributed by atoms with Crippen LogP contribution in [0.4, 0.5) is 0 Å². The highest BCUT2D eigenvalue weighted by Gasteiger charge is 2.36. The lowest BCUT2D eigenvalue weighted by atomic mass is 9.82. The molecule has 3 aromatic heterocycles. The molecule has 0 radical (unpaired) electrons. The van der Waals surface area contributed by atoms with Crippen LogP contribution in [0.15, 0.2) is 144 Å². The highest BCUT2D eigenvalue weighted by Crippen LogP contribution is 2.51. The summed E-state index contributed by atoms with van der Waals surface area (Å²) < 4.78 is 8.67. The number of hydrogen-bond acceptors (Lipinski definition) is 3. The average Bonchev–Trinajstić information content (AvgIpc) is 3.73. The molecule has 0 N–H and O–H groups in total. The van der Waals surface area contributed by atoms with E-state index in [2.05, 4.69) is 122 Å². The van der Waals surface area contributed by atoms with E-state index in [1.807, 2.05) is 36.4 Å². The number of furan rings is 1. The lowest BCUT2D eigenvalue weighted by Crippen LogP contribution is -2.14. The second-order valence-electron chi connectivity index (χ2n) is 13.0. The number of rotatable bonds is 3. The maximum Gasteiger partial charge on any atom is 0.231 e. The Hall–Kier alpha value is -6.00. The predicted molar refractivity (Wildman–Crippen MR) is 192 cm³/mol. The third kappa shape index (κ3) is 3.70. The molecule has 222 valence electrons. The van der Waals surface area contributed by atoms with Crippen LogP contribution in [-0.4, -0.2) is 14.5 Å². The molecule has 0 fully saturated rings. The van der Waals surface area contributed by atoms with Crippen LogP contribution in [0.25, 0.3) is 83.3 Å². The Kier molecular flexibility index (Phi) is 5.31. The Morgan fingerprint density at radius 3 is 2.13 bits per heavy atom. The van der Waals surface area contributed by atoms with Gasteiger partial charge in [-0.05, 0) is 70.8 Å². The molecule has 0 spiro atoms. The first-order chi connectivity index (χ1) is 23.1. The summed E-state index contributed by atoms with van der Waals surface area (Å²) in [6, 6.07) is 49.4. The molecule has 0 atom stereocenters. The summed E-state index contributed by atoms with van der Waals surface area (Å²) in [6.45, 7) is 4.69. The normalized spacial score (nSPS) is 13.5. The fraction of sp³-hybridized carbons (Fsp3) is 0.0698. The summed E-state index contributed by atoms with van der Waals surface area (Å²) in [5, 5.41) is 4.49. The van der Waals surface area contributed by atoms with Crippen LogP contribution in [0.3, 0.4) is 0 Å². The Balaban J connectivity index is 1.16. The summed E-state index contributed by atoms with van der Waals surface area (Å²) in [6.07, 6.45) is 0. The van der Waals surface area contributed by atoms with Crippen molar-refractivity contribution in [1.82, 2.24) is 14.5 Å². The van der Waals surface area contributed by atoms with E-state index in [1.165, 1.54) is 44.1 Å². The van der Waals surface area contributed by atoms with Crippen molar-refractivity contribution in [2.45, 2.75) is 19.3 Å². The van der Waals surface area contributed by atoms with Crippen molar-refractivity contribution in [1.29, 1.82) is 0 Å². The molecular formula is C43H29N3O. The molecule has 47 heavy (non-hydrogen) atoms. The predicted octanol–water partition coefficient (Wildman–Crippen LogP) is 11.1. The van der Waals surface area contributed by atoms with Gasteiger partial charge in [-0.2, -0.15) is 4.98 Å². The molecule has 1 aliphatic carbocycles. The Morgan fingerprint density at radius 2 is 1.28 bits per heavy atom. The van der Waals surface area contributed by atoms with Crippen molar-refractivity contribution in [3.05, 3.63) is 151 Å². The molecule has 10 rings (SSSR count). The maximum atomic E-state index is 6.28. The van der Waals surface area contributed by atoms with Crippen molar-refractivity contribution in [3.8, 4) is 39.5 Å². The van der Waals surface area contributed by atoms with E-state index in [4.69, 9.17) is 14.4 Å². The zero-order valence-corrected chi connectivity index (χ0v) is 26.0. The molecule has 4 heteroatoms. The highest BCUT2D eigenvalue weighted by molar-refractivity contribution is 6.12. The highest BCUT2D eigenvalue weighted by atomic mass is 16.3. The van der Waals surface area contributed by atoms with Crippen LogP contribution in [-0.2, 0) is 5.41 Å². The van der Waals surface area contributed by atoms with Crippen LogP contribution in [0.2, 0.25) is 0 Å². The molecule has 9 aromatic rings. The minimum Gasteiger partial charge on any atom is -0.438 e. The van der Waals surface area contributed by atoms with Gasteiger partial charge in [-0.3, -0.25) is 0 Å². The van der Waals surface area contributed by atoms with E-state index < -0.39 is 0 Å². The average molecular weight is 604 g/mol. The molecule has 0 unspecified atom stereocenters. The van der Waals surface area contributed by atoms with Crippen molar-refractivity contribution in [3.63, 3.8) is 0 Å². The third-order valence-corrected chi connectivity index (χ3v) is 10.0. The first-order valence-electron chi connectivity index (χ1n) is 16.1. The number of hydrogen-bond donors (Lipinski definition) is 0. The SMILES string of the molecule is CC1(C)c2ccccc2-c2cc3c(cc21)c1ccccc1n3-c1ccc(-c2nc(-c3ccccc3)c3c(n2)oc2ccccc23)cc1. The van der Waals surface area contributed by atoms with Crippen LogP contribution < -0.4 is 0 Å². The summed E-state index contributed by atoms with van der Waals surface area (Å²) in [4.78, 5) is 10.1. The standard InChI is InChI=1S/C43H29N3O/c1-43(2)34-17-9-6-14-29(34)32-25-37-33(24-35(32)43)30-15-7-10-18-36(30)46(37)28-22-20-27(21-23-28)41-44-40(26-12-4-3-5-13-26)39-31-16-8-11-19-38(31)47-42(39)45-41/h3-25H,1-2H3. The van der Waals surface area contributed by atoms with Crippen molar-refractivity contribution < 1.29 is 4.42 Å². The summed E-state index contributed by atoms with van der Waals surface area (Å²) in [7, 11) is 0. The van der Waals surface area contributed by atoms with Gasteiger partial charge in [0.05, 0.1) is 22.1 Å². The fourth-order valence-corrected chi connectivity index (χ4v) is 7.76. The van der Waals surface area contributed by atoms with Crippen molar-refractivity contribution >= 4 is 43.9 Å². The number of para-hydroxylation sites is 2. The number of nitrogens with zero attached hydrogens (tertiary/aromatic N) is 3. The zero-order chi connectivity index (χ0) is 31.3. The first kappa shape index (κ1) is 26.2. The van der Waals surface area contributed by atoms with Crippen LogP contribution in [0.1, 0.15) is 25.0 Å². The monoisotopic (exact) mass is 603 g/mol. The zero-order valence-electron chi connectivity index (χ0n) is 26.0. The van der Waals surface area contributed by atoms with Gasteiger partial charge in [-0.15, -0.1) is 0 Å². The first-order valence-corrected chi connectivity index (χ1v) is 16.1. The van der Waals surface area contributed by atoms with Crippen LogP contribution in [0.5, 0.6) is 0 Å². The molecule has 0 saturated heterocycles. The Labute approximate surface area is 271 Å². The van der Waals surface area contributed by atoms with E-state index in [-0.39, 0.29) is 5.41 Å². The second kappa shape index (κ2) is 9.51. The fourth-order valence-electron chi connectivity index (χ4n) is 7.76. The van der Waals surface area contributed by atoms with Crippen LogP contribution in [0, 0.1) is 0 Å². The molecule has 0 saturated carbocycles. The van der Waals surface area contributed by atoms with Gasteiger partial charge in [0.2, 0.25) is 5.71 Å². The van der Waals surface area contributed by atoms with Gasteiger partial charge in [0.1, 0.15) is 5.58 Å². The number of aromatic nitrogens is 3. The smallest absolute Gasteiger partial charge is 0.231 e. The maximum absolute atomic E-state index is 6.28. The van der Waals surface area contributed by atoms with E-state index in [0.29, 0.717) is 11.5 Å². The summed E-state index contributed by atoms with van der Waals surface area (Å²) in [5.74, 6) is 0.640. The summed E-state index contributed by atoms with van der Waals surface area (Å²) >= 11 is 0. The molecule has 0 aliphatic heterocycles. The van der Waals surface area contributed by atoms with Gasteiger partial charge >= 0.3 is 0 Å². The molecule has 0 amide bonds. The number of fused-ring (bicyclic) bond motifs is 9. The minimum atomic E-state index is -0.0511. The van der Waals surface area contributed by atoms with Gasteiger partial charge < -0.3 is 8.98 Å². The largest absolute Gasteiger partial charge is 0.438 e. The lowest BCUT2D eigenvalue weighted by molar-refractivity contribution is 0.653. The van der Waals surface area contributed by atoms with Gasteiger partial charge in [-0.1, -0.05) is 105 Å². The van der Waals surface area contributed by atoms with Crippen molar-refractivity contribution in [2.24, 2.45) is 0 Å². The molecule has 4 nitrogen and oxygen atoms in total. The van der Waals surface area contributed by atoms with E-state index in [0.717, 1.165) is 38.9 Å². The number of benzene rings is 6. The molecule has 3 heterocycles. The molecule has 1 aliphatic rings. The Morgan fingerprint density at radius 1 is 0.553 bits per heavy atom. The van der Waals surface area contributed by atoms with E-state index in [9.17, 15) is 0 Å². The quantitative estimate of drug-likeness (QED) is 0.202. The van der Waals surface area contributed by atoms with Crippen molar-refractivity contribution in [2.75, 3.05) is 0 Å². The second-order valence-corrected chi connectivity index (χ2v) is 13.0.